The fourth-order valence-electron chi connectivity index (χ4n) is 2.34. The summed E-state index contributed by atoms with van der Waals surface area (Å²) in [4.78, 5) is 13.7. The van der Waals surface area contributed by atoms with E-state index in [1.54, 1.807) is 0 Å². The van der Waals surface area contributed by atoms with Gasteiger partial charge >= 0.3 is 0 Å². The van der Waals surface area contributed by atoms with Crippen molar-refractivity contribution in [2.75, 3.05) is 39.0 Å². The number of carbonyl (C=O) groups excluding carboxylic acids is 1. The SMILES string of the molecule is CS(=O)(=O)NCCC(=O)NCCN1CCCC[C@H]1CO. The fraction of sp³-hybridized carbons (Fsp3) is 0.917. The Hall–Kier alpha value is -0.700. The molecule has 0 bridgehead atoms. The van der Waals surface area contributed by atoms with E-state index in [-0.39, 0.29) is 31.5 Å². The minimum absolute atomic E-state index is 0.119. The molecule has 20 heavy (non-hydrogen) atoms. The van der Waals surface area contributed by atoms with Gasteiger partial charge in [-0.1, -0.05) is 6.42 Å². The summed E-state index contributed by atoms with van der Waals surface area (Å²) in [7, 11) is -3.23. The van der Waals surface area contributed by atoms with E-state index < -0.39 is 10.0 Å². The second-order valence-electron chi connectivity index (χ2n) is 5.13. The molecule has 0 saturated carbocycles. The third-order valence-electron chi connectivity index (χ3n) is 3.40. The summed E-state index contributed by atoms with van der Waals surface area (Å²) in [6.45, 7) is 2.47. The molecule has 0 aromatic rings. The van der Waals surface area contributed by atoms with Crippen molar-refractivity contribution in [2.24, 2.45) is 0 Å². The lowest BCUT2D eigenvalue weighted by molar-refractivity contribution is -0.121. The molecule has 1 heterocycles. The van der Waals surface area contributed by atoms with Gasteiger partial charge in [0.25, 0.3) is 0 Å². The molecule has 0 aromatic heterocycles. The first-order valence-corrected chi connectivity index (χ1v) is 8.88. The highest BCUT2D eigenvalue weighted by molar-refractivity contribution is 7.88. The summed E-state index contributed by atoms with van der Waals surface area (Å²) in [6.07, 6.45) is 4.48. The van der Waals surface area contributed by atoms with E-state index in [1.165, 1.54) is 0 Å². The molecule has 0 aromatic carbocycles. The van der Waals surface area contributed by atoms with Crippen LogP contribution < -0.4 is 10.0 Å². The van der Waals surface area contributed by atoms with Gasteiger partial charge in [0.05, 0.1) is 12.9 Å². The highest BCUT2D eigenvalue weighted by Crippen LogP contribution is 2.15. The quantitative estimate of drug-likeness (QED) is 0.528. The van der Waals surface area contributed by atoms with Crippen molar-refractivity contribution in [1.82, 2.24) is 14.9 Å². The van der Waals surface area contributed by atoms with Gasteiger partial charge < -0.3 is 10.4 Å². The number of hydrogen-bond donors (Lipinski definition) is 3. The molecule has 0 radical (unpaired) electrons. The average molecular weight is 307 g/mol. The first-order chi connectivity index (χ1) is 9.42. The molecule has 1 aliphatic heterocycles. The fourth-order valence-corrected chi connectivity index (χ4v) is 2.81. The second kappa shape index (κ2) is 8.56. The number of rotatable bonds is 8. The van der Waals surface area contributed by atoms with Gasteiger partial charge in [-0.15, -0.1) is 0 Å². The molecule has 1 amide bonds. The maximum atomic E-state index is 11.5. The number of piperidine rings is 1. The van der Waals surface area contributed by atoms with Crippen LogP contribution in [0.15, 0.2) is 0 Å². The average Bonchev–Trinajstić information content (AvgIpc) is 2.38. The highest BCUT2D eigenvalue weighted by atomic mass is 32.2. The van der Waals surface area contributed by atoms with Crippen LogP contribution in [0.3, 0.4) is 0 Å². The van der Waals surface area contributed by atoms with Crippen LogP contribution in [0, 0.1) is 0 Å². The van der Waals surface area contributed by atoms with E-state index in [1.807, 2.05) is 0 Å². The van der Waals surface area contributed by atoms with Gasteiger partial charge in [0.15, 0.2) is 0 Å². The predicted octanol–water partition coefficient (Wildman–Crippen LogP) is -1.11. The van der Waals surface area contributed by atoms with E-state index >= 15 is 0 Å². The Bertz CT molecular complexity index is 400. The molecule has 7 nitrogen and oxygen atoms in total. The van der Waals surface area contributed by atoms with Crippen LogP contribution in [0.5, 0.6) is 0 Å². The number of aliphatic hydroxyl groups is 1. The first-order valence-electron chi connectivity index (χ1n) is 6.98. The number of sulfonamides is 1. The van der Waals surface area contributed by atoms with Crippen LogP contribution in [0.25, 0.3) is 0 Å². The first kappa shape index (κ1) is 17.4. The third kappa shape index (κ3) is 7.18. The Morgan fingerprint density at radius 3 is 2.75 bits per heavy atom. The summed E-state index contributed by atoms with van der Waals surface area (Å²) in [5.41, 5.74) is 0. The van der Waals surface area contributed by atoms with Gasteiger partial charge in [-0.3, -0.25) is 9.69 Å². The maximum Gasteiger partial charge on any atom is 0.221 e. The van der Waals surface area contributed by atoms with Gasteiger partial charge in [-0.25, -0.2) is 13.1 Å². The van der Waals surface area contributed by atoms with E-state index in [0.717, 1.165) is 38.6 Å². The number of likely N-dealkylation sites (tertiary alicyclic amines) is 1. The normalized spacial score (nSPS) is 20.8. The Kier molecular flexibility index (Phi) is 7.42. The van der Waals surface area contributed by atoms with Crippen molar-refractivity contribution in [1.29, 1.82) is 0 Å². The van der Waals surface area contributed by atoms with Crippen molar-refractivity contribution >= 4 is 15.9 Å². The zero-order valence-corrected chi connectivity index (χ0v) is 12.8. The summed E-state index contributed by atoms with van der Waals surface area (Å²) in [5.74, 6) is -0.168. The number of nitrogens with zero attached hydrogens (tertiary/aromatic N) is 1. The lowest BCUT2D eigenvalue weighted by Crippen LogP contribution is -2.45. The molecular weight excluding hydrogens is 282 g/mol. The van der Waals surface area contributed by atoms with E-state index in [9.17, 15) is 18.3 Å². The standard InChI is InChI=1S/C12H25N3O4S/c1-20(18,19)14-6-5-12(17)13-7-9-15-8-3-2-4-11(15)10-16/h11,14,16H,2-10H2,1H3,(H,13,17)/t11-/m0/s1. The van der Waals surface area contributed by atoms with Crippen molar-refractivity contribution in [2.45, 2.75) is 31.7 Å². The molecule has 1 rings (SSSR count). The van der Waals surface area contributed by atoms with Gasteiger partial charge in [-0.05, 0) is 19.4 Å². The summed E-state index contributed by atoms with van der Waals surface area (Å²) >= 11 is 0. The summed E-state index contributed by atoms with van der Waals surface area (Å²) in [5, 5.41) is 12.0. The van der Waals surface area contributed by atoms with E-state index in [4.69, 9.17) is 0 Å². The van der Waals surface area contributed by atoms with Gasteiger partial charge in [-0.2, -0.15) is 0 Å². The zero-order valence-electron chi connectivity index (χ0n) is 12.0. The molecule has 118 valence electrons. The monoisotopic (exact) mass is 307 g/mol. The summed E-state index contributed by atoms with van der Waals surface area (Å²) < 4.78 is 23.9. The van der Waals surface area contributed by atoms with Gasteiger partial charge in [0.2, 0.25) is 15.9 Å². The topological polar surface area (TPSA) is 98.7 Å². The van der Waals surface area contributed by atoms with Crippen molar-refractivity contribution < 1.29 is 18.3 Å². The van der Waals surface area contributed by atoms with Crippen molar-refractivity contribution in [3.63, 3.8) is 0 Å². The lowest BCUT2D eigenvalue weighted by Gasteiger charge is -2.34. The van der Waals surface area contributed by atoms with Crippen LogP contribution in [0.4, 0.5) is 0 Å². The molecule has 0 unspecified atom stereocenters. The minimum Gasteiger partial charge on any atom is -0.395 e. The molecule has 1 fully saturated rings. The largest absolute Gasteiger partial charge is 0.395 e. The lowest BCUT2D eigenvalue weighted by atomic mass is 10.0. The highest BCUT2D eigenvalue weighted by Gasteiger charge is 2.20. The van der Waals surface area contributed by atoms with E-state index in [0.29, 0.717) is 6.54 Å². The smallest absolute Gasteiger partial charge is 0.221 e. The second-order valence-corrected chi connectivity index (χ2v) is 6.97. The molecule has 1 aliphatic rings. The van der Waals surface area contributed by atoms with Crippen LogP contribution >= 0.6 is 0 Å². The number of carbonyl (C=O) groups is 1. The number of aliphatic hydroxyl groups excluding tert-OH is 1. The Labute approximate surface area is 120 Å². The molecule has 3 N–H and O–H groups in total. The Balaban J connectivity index is 2.14. The molecular formula is C12H25N3O4S. The van der Waals surface area contributed by atoms with Crippen LogP contribution in [0.2, 0.25) is 0 Å². The number of hydrogen-bond acceptors (Lipinski definition) is 5. The maximum absolute atomic E-state index is 11.5. The Morgan fingerprint density at radius 2 is 2.10 bits per heavy atom. The van der Waals surface area contributed by atoms with Crippen LogP contribution in [-0.4, -0.2) is 69.4 Å². The van der Waals surface area contributed by atoms with Gasteiger partial charge in [0.1, 0.15) is 0 Å². The predicted molar refractivity (Wildman–Crippen MR) is 76.8 cm³/mol. The minimum atomic E-state index is -3.23. The molecule has 1 saturated heterocycles. The third-order valence-corrected chi connectivity index (χ3v) is 4.13. The Morgan fingerprint density at radius 1 is 1.35 bits per heavy atom. The molecule has 0 aliphatic carbocycles. The number of amides is 1. The van der Waals surface area contributed by atoms with Crippen LogP contribution in [-0.2, 0) is 14.8 Å². The van der Waals surface area contributed by atoms with Crippen LogP contribution in [0.1, 0.15) is 25.7 Å². The molecule has 1 atom stereocenters. The molecule has 8 heteroatoms. The molecule has 0 spiro atoms. The van der Waals surface area contributed by atoms with Crippen molar-refractivity contribution in [3.8, 4) is 0 Å². The van der Waals surface area contributed by atoms with Crippen molar-refractivity contribution in [3.05, 3.63) is 0 Å². The van der Waals surface area contributed by atoms with E-state index in [2.05, 4.69) is 14.9 Å². The van der Waals surface area contributed by atoms with Gasteiger partial charge in [0, 0.05) is 32.1 Å². The summed E-state index contributed by atoms with van der Waals surface area (Å²) in [6, 6.07) is 0.201. The number of nitrogens with one attached hydrogen (secondary N) is 2. The zero-order chi connectivity index (χ0) is 15.0.